The molecule has 1 atom stereocenters. The SMILES string of the molecule is BrC1C[Si]1. The Bertz CT molecular complexity index is 25.2. The van der Waals surface area contributed by atoms with Crippen molar-refractivity contribution in [2.24, 2.45) is 0 Å². The Morgan fingerprint density at radius 3 is 2.25 bits per heavy atom. The van der Waals surface area contributed by atoms with Crippen LogP contribution in [0.25, 0.3) is 0 Å². The number of rotatable bonds is 0. The Kier molecular flexibility index (Phi) is 0.603. The second-order valence-electron chi connectivity index (χ2n) is 0.876. The summed E-state index contributed by atoms with van der Waals surface area (Å²) in [6, 6.07) is 1.43. The largest absolute Gasteiger partial charge is 0.0934 e. The number of hydrogen-bond acceptors (Lipinski definition) is 0. The molecule has 4 heavy (non-hydrogen) atoms. The third-order valence-electron chi connectivity index (χ3n) is 0.358. The van der Waals surface area contributed by atoms with E-state index in [1.54, 1.807) is 0 Å². The van der Waals surface area contributed by atoms with Crippen LogP contribution in [0.2, 0.25) is 6.04 Å². The van der Waals surface area contributed by atoms with Crippen LogP contribution in [0.5, 0.6) is 0 Å². The molecule has 0 aromatic rings. The van der Waals surface area contributed by atoms with Gasteiger partial charge in [-0.15, -0.1) is 0 Å². The number of hydrogen-bond donors (Lipinski definition) is 0. The normalized spacial score (nSPS) is 39.8. The molecule has 0 nitrogen and oxygen atoms in total. The lowest BCUT2D eigenvalue weighted by molar-refractivity contribution is 1.64. The van der Waals surface area contributed by atoms with Gasteiger partial charge in [0.2, 0.25) is 0 Å². The number of halogens is 1. The van der Waals surface area contributed by atoms with E-state index in [0.717, 1.165) is 4.45 Å². The van der Waals surface area contributed by atoms with Crippen molar-refractivity contribution in [3.05, 3.63) is 0 Å². The molecular formula is C2H3BrSi. The third kappa shape index (κ3) is 0.568. The maximum absolute atomic E-state index is 3.39. The predicted octanol–water partition coefficient (Wildman–Crippen LogP) is 0.844. The van der Waals surface area contributed by atoms with Crippen LogP contribution in [-0.4, -0.2) is 14.0 Å². The molecule has 2 heteroatoms. The van der Waals surface area contributed by atoms with Gasteiger partial charge in [0.15, 0.2) is 0 Å². The van der Waals surface area contributed by atoms with Crippen LogP contribution in [0, 0.1) is 0 Å². The molecular weight excluding hydrogens is 132 g/mol. The molecule has 2 radical (unpaired) electrons. The molecule has 0 aromatic carbocycles. The van der Waals surface area contributed by atoms with Crippen LogP contribution < -0.4 is 0 Å². The van der Waals surface area contributed by atoms with E-state index >= 15 is 0 Å². The standard InChI is InChI=1S/C2H3BrSi/c3-2-1-4-2/h2H,1H2. The van der Waals surface area contributed by atoms with Crippen molar-refractivity contribution in [1.82, 2.24) is 0 Å². The average Bonchev–Trinajstić information content (AvgIpc) is 1.75. The quantitative estimate of drug-likeness (QED) is 0.341. The van der Waals surface area contributed by atoms with Gasteiger partial charge in [0.25, 0.3) is 0 Å². The van der Waals surface area contributed by atoms with E-state index in [-0.39, 0.29) is 0 Å². The Hall–Kier alpha value is 0.697. The van der Waals surface area contributed by atoms with Gasteiger partial charge in [-0.25, -0.2) is 0 Å². The van der Waals surface area contributed by atoms with E-state index in [1.807, 2.05) is 0 Å². The van der Waals surface area contributed by atoms with Crippen molar-refractivity contribution >= 4 is 25.4 Å². The summed E-state index contributed by atoms with van der Waals surface area (Å²) in [5.41, 5.74) is 0. The van der Waals surface area contributed by atoms with Crippen molar-refractivity contribution < 1.29 is 0 Å². The maximum atomic E-state index is 3.39. The third-order valence-corrected chi connectivity index (χ3v) is 3.02. The summed E-state index contributed by atoms with van der Waals surface area (Å²) in [5, 5.41) is 0. The first-order valence-electron chi connectivity index (χ1n) is 1.27. The molecule has 1 saturated heterocycles. The fraction of sp³-hybridized carbons (Fsp3) is 1.00. The summed E-state index contributed by atoms with van der Waals surface area (Å²) in [6.07, 6.45) is 0. The summed E-state index contributed by atoms with van der Waals surface area (Å²) >= 11 is 3.39. The Morgan fingerprint density at radius 2 is 2.25 bits per heavy atom. The second kappa shape index (κ2) is 0.828. The molecule has 1 fully saturated rings. The van der Waals surface area contributed by atoms with Gasteiger partial charge in [-0.1, -0.05) is 22.0 Å². The zero-order valence-electron chi connectivity index (χ0n) is 2.16. The van der Waals surface area contributed by atoms with E-state index in [2.05, 4.69) is 15.9 Å². The molecule has 0 aromatic heterocycles. The Balaban J connectivity index is 2.17. The highest BCUT2D eigenvalue weighted by Gasteiger charge is 2.17. The van der Waals surface area contributed by atoms with Gasteiger partial charge in [0.1, 0.15) is 0 Å². The van der Waals surface area contributed by atoms with E-state index in [0.29, 0.717) is 0 Å². The van der Waals surface area contributed by atoms with Crippen molar-refractivity contribution in [3.63, 3.8) is 0 Å². The smallest absolute Gasteiger partial charge is 0.0564 e. The highest BCUT2D eigenvalue weighted by Crippen LogP contribution is 2.17. The lowest BCUT2D eigenvalue weighted by atomic mass is 11.0. The molecule has 0 amide bonds. The van der Waals surface area contributed by atoms with Crippen molar-refractivity contribution in [2.75, 3.05) is 0 Å². The van der Waals surface area contributed by atoms with E-state index < -0.39 is 0 Å². The van der Waals surface area contributed by atoms with Crippen LogP contribution >= 0.6 is 15.9 Å². The molecule has 1 aliphatic rings. The molecule has 1 unspecified atom stereocenters. The first-order chi connectivity index (χ1) is 1.89. The molecule has 22 valence electrons. The minimum Gasteiger partial charge on any atom is -0.0934 e. The minimum absolute atomic E-state index is 0.924. The minimum atomic E-state index is 0.924. The highest BCUT2D eigenvalue weighted by molar-refractivity contribution is 9.10. The predicted molar refractivity (Wildman–Crippen MR) is 23.3 cm³/mol. The average molecular weight is 135 g/mol. The Morgan fingerprint density at radius 1 is 2.00 bits per heavy atom. The summed E-state index contributed by atoms with van der Waals surface area (Å²) in [5.74, 6) is 0. The molecule has 0 bridgehead atoms. The topological polar surface area (TPSA) is 0 Å². The fourth-order valence-electron chi connectivity index (χ4n) is 0.0445. The van der Waals surface area contributed by atoms with Gasteiger partial charge < -0.3 is 0 Å². The highest BCUT2D eigenvalue weighted by atomic mass is 79.9. The maximum Gasteiger partial charge on any atom is 0.0564 e. The van der Waals surface area contributed by atoms with Gasteiger partial charge >= 0.3 is 0 Å². The summed E-state index contributed by atoms with van der Waals surface area (Å²) in [7, 11) is 1.22. The van der Waals surface area contributed by atoms with Gasteiger partial charge in [-0.2, -0.15) is 0 Å². The van der Waals surface area contributed by atoms with Gasteiger partial charge in [0.05, 0.1) is 9.52 Å². The van der Waals surface area contributed by atoms with E-state index in [9.17, 15) is 0 Å². The lowest BCUT2D eigenvalue weighted by Crippen LogP contribution is -1.52. The first-order valence-corrected chi connectivity index (χ1v) is 3.47. The first kappa shape index (κ1) is 2.91. The van der Waals surface area contributed by atoms with Crippen LogP contribution in [0.3, 0.4) is 0 Å². The lowest BCUT2D eigenvalue weighted by Gasteiger charge is -1.50. The zero-order chi connectivity index (χ0) is 2.99. The number of alkyl halides is 1. The van der Waals surface area contributed by atoms with Gasteiger partial charge in [-0.3, -0.25) is 0 Å². The molecule has 1 rings (SSSR count). The fourth-order valence-corrected chi connectivity index (χ4v) is 0.694. The molecule has 0 saturated carbocycles. The van der Waals surface area contributed by atoms with Crippen molar-refractivity contribution in [1.29, 1.82) is 0 Å². The second-order valence-corrected chi connectivity index (χ2v) is 4.34. The summed E-state index contributed by atoms with van der Waals surface area (Å²) < 4.78 is 0.924. The van der Waals surface area contributed by atoms with Gasteiger partial charge in [0, 0.05) is 4.45 Å². The van der Waals surface area contributed by atoms with Crippen LogP contribution in [-0.2, 0) is 0 Å². The van der Waals surface area contributed by atoms with Crippen LogP contribution in [0.1, 0.15) is 0 Å². The Labute approximate surface area is 36.5 Å². The summed E-state index contributed by atoms with van der Waals surface area (Å²) in [6.45, 7) is 0. The van der Waals surface area contributed by atoms with Crippen LogP contribution in [0.4, 0.5) is 0 Å². The van der Waals surface area contributed by atoms with Crippen molar-refractivity contribution in [2.45, 2.75) is 10.5 Å². The molecule has 0 spiro atoms. The molecule has 1 heterocycles. The summed E-state index contributed by atoms with van der Waals surface area (Å²) in [4.78, 5) is 0. The molecule has 1 aliphatic heterocycles. The van der Waals surface area contributed by atoms with E-state index in [4.69, 9.17) is 0 Å². The monoisotopic (exact) mass is 134 g/mol. The molecule has 0 N–H and O–H groups in total. The van der Waals surface area contributed by atoms with Crippen molar-refractivity contribution in [3.8, 4) is 0 Å². The molecule has 0 aliphatic carbocycles. The zero-order valence-corrected chi connectivity index (χ0v) is 4.75. The van der Waals surface area contributed by atoms with E-state index in [1.165, 1.54) is 15.6 Å². The van der Waals surface area contributed by atoms with Gasteiger partial charge in [-0.05, 0) is 0 Å². The van der Waals surface area contributed by atoms with Crippen LogP contribution in [0.15, 0.2) is 0 Å².